The van der Waals surface area contributed by atoms with Crippen LogP contribution >= 0.6 is 0 Å². The Hall–Kier alpha value is -0.610. The van der Waals surface area contributed by atoms with Gasteiger partial charge in [-0.25, -0.2) is 0 Å². The molecule has 17 heavy (non-hydrogen) atoms. The van der Waals surface area contributed by atoms with Crippen molar-refractivity contribution in [1.82, 2.24) is 10.2 Å². The Kier molecular flexibility index (Phi) is 5.92. The summed E-state index contributed by atoms with van der Waals surface area (Å²) in [5, 5.41) is 12.4. The number of rotatable bonds is 8. The molecule has 0 radical (unpaired) electrons. The molecule has 0 spiro atoms. The minimum Gasteiger partial charge on any atom is -0.480 e. The zero-order valence-electron chi connectivity index (χ0n) is 11.2. The summed E-state index contributed by atoms with van der Waals surface area (Å²) in [6.07, 6.45) is 5.24. The van der Waals surface area contributed by atoms with Crippen LogP contribution in [0.2, 0.25) is 0 Å². The second kappa shape index (κ2) is 6.97. The summed E-state index contributed by atoms with van der Waals surface area (Å²) in [6.45, 7) is 8.12. The van der Waals surface area contributed by atoms with Crippen LogP contribution in [0.25, 0.3) is 0 Å². The van der Waals surface area contributed by atoms with Gasteiger partial charge >= 0.3 is 5.97 Å². The van der Waals surface area contributed by atoms with Crippen molar-refractivity contribution in [3.63, 3.8) is 0 Å². The molecule has 0 saturated carbocycles. The summed E-state index contributed by atoms with van der Waals surface area (Å²) in [5.41, 5.74) is -0.750. The van der Waals surface area contributed by atoms with E-state index in [1.54, 1.807) is 6.92 Å². The van der Waals surface area contributed by atoms with Crippen molar-refractivity contribution in [3.05, 3.63) is 0 Å². The highest BCUT2D eigenvalue weighted by Gasteiger charge is 2.30. The van der Waals surface area contributed by atoms with Gasteiger partial charge in [-0.15, -0.1) is 0 Å². The largest absolute Gasteiger partial charge is 0.480 e. The third-order valence-electron chi connectivity index (χ3n) is 3.59. The van der Waals surface area contributed by atoms with E-state index >= 15 is 0 Å². The van der Waals surface area contributed by atoms with Crippen molar-refractivity contribution in [2.45, 2.75) is 51.5 Å². The van der Waals surface area contributed by atoms with Crippen LogP contribution in [0.3, 0.4) is 0 Å². The Morgan fingerprint density at radius 1 is 1.41 bits per heavy atom. The molecule has 1 saturated heterocycles. The number of carboxylic acid groups (broad SMARTS) is 1. The summed E-state index contributed by atoms with van der Waals surface area (Å²) < 4.78 is 0. The molecule has 0 aromatic carbocycles. The smallest absolute Gasteiger partial charge is 0.323 e. The summed E-state index contributed by atoms with van der Waals surface area (Å²) in [4.78, 5) is 13.6. The quantitative estimate of drug-likeness (QED) is 0.636. The van der Waals surface area contributed by atoms with Crippen molar-refractivity contribution in [3.8, 4) is 0 Å². The lowest BCUT2D eigenvalue weighted by Gasteiger charge is -2.26. The molecule has 4 nitrogen and oxygen atoms in total. The molecule has 100 valence electrons. The Balaban J connectivity index is 2.20. The molecule has 4 heteroatoms. The molecule has 1 heterocycles. The number of carboxylic acids is 1. The first-order valence-corrected chi connectivity index (χ1v) is 6.79. The standard InChI is InChI=1S/C13H26N2O2/c1-3-7-13(2,12(16)17)14-8-6-11-15-9-4-5-10-15/h14H,3-11H2,1-2H3,(H,16,17). The van der Waals surface area contributed by atoms with Crippen molar-refractivity contribution in [2.24, 2.45) is 0 Å². The molecular weight excluding hydrogens is 216 g/mol. The fraction of sp³-hybridized carbons (Fsp3) is 0.923. The van der Waals surface area contributed by atoms with Crippen molar-refractivity contribution < 1.29 is 9.90 Å². The molecule has 1 aliphatic rings. The molecule has 0 bridgehead atoms. The summed E-state index contributed by atoms with van der Waals surface area (Å²) in [7, 11) is 0. The first-order chi connectivity index (χ1) is 8.08. The summed E-state index contributed by atoms with van der Waals surface area (Å²) in [5.74, 6) is -0.736. The van der Waals surface area contributed by atoms with Crippen molar-refractivity contribution >= 4 is 5.97 Å². The predicted molar refractivity (Wildman–Crippen MR) is 69.2 cm³/mol. The Morgan fingerprint density at radius 3 is 2.59 bits per heavy atom. The second-order valence-electron chi connectivity index (χ2n) is 5.22. The molecule has 1 fully saturated rings. The van der Waals surface area contributed by atoms with Gasteiger partial charge in [0.1, 0.15) is 5.54 Å². The van der Waals surface area contributed by atoms with Crippen molar-refractivity contribution in [2.75, 3.05) is 26.2 Å². The molecule has 1 aliphatic heterocycles. The fourth-order valence-corrected chi connectivity index (χ4v) is 2.44. The van der Waals surface area contributed by atoms with Gasteiger partial charge < -0.3 is 15.3 Å². The number of nitrogens with zero attached hydrogens (tertiary/aromatic N) is 1. The highest BCUT2D eigenvalue weighted by atomic mass is 16.4. The van der Waals surface area contributed by atoms with Crippen LogP contribution in [0.15, 0.2) is 0 Å². The van der Waals surface area contributed by atoms with Crippen LogP contribution in [0.5, 0.6) is 0 Å². The predicted octanol–water partition coefficient (Wildman–Crippen LogP) is 1.71. The van der Waals surface area contributed by atoms with E-state index < -0.39 is 11.5 Å². The van der Waals surface area contributed by atoms with Gasteiger partial charge in [0.05, 0.1) is 0 Å². The minimum atomic E-state index is -0.750. The van der Waals surface area contributed by atoms with E-state index in [0.29, 0.717) is 6.42 Å². The molecule has 0 aliphatic carbocycles. The average Bonchev–Trinajstić information content (AvgIpc) is 2.77. The molecule has 1 unspecified atom stereocenters. The van der Waals surface area contributed by atoms with Crippen molar-refractivity contribution in [1.29, 1.82) is 0 Å². The first-order valence-electron chi connectivity index (χ1n) is 6.79. The van der Waals surface area contributed by atoms with Crippen LogP contribution in [-0.2, 0) is 4.79 Å². The third kappa shape index (κ3) is 4.64. The maximum absolute atomic E-state index is 11.2. The lowest BCUT2D eigenvalue weighted by molar-refractivity contribution is -0.144. The van der Waals surface area contributed by atoms with E-state index in [2.05, 4.69) is 10.2 Å². The third-order valence-corrected chi connectivity index (χ3v) is 3.59. The lowest BCUT2D eigenvalue weighted by atomic mass is 9.96. The fourth-order valence-electron chi connectivity index (χ4n) is 2.44. The van der Waals surface area contributed by atoms with Crippen LogP contribution in [0.1, 0.15) is 46.0 Å². The normalized spacial score (nSPS) is 20.4. The molecule has 0 aromatic heterocycles. The maximum atomic E-state index is 11.2. The van der Waals surface area contributed by atoms with Gasteiger partial charge in [-0.2, -0.15) is 0 Å². The van der Waals surface area contributed by atoms with Gasteiger partial charge in [-0.3, -0.25) is 4.79 Å². The van der Waals surface area contributed by atoms with E-state index in [9.17, 15) is 9.90 Å². The minimum absolute atomic E-state index is 0.687. The van der Waals surface area contributed by atoms with E-state index in [1.165, 1.54) is 25.9 Å². The number of carbonyl (C=O) groups is 1. The Labute approximate surface area is 104 Å². The monoisotopic (exact) mass is 242 g/mol. The molecule has 1 atom stereocenters. The zero-order valence-corrected chi connectivity index (χ0v) is 11.2. The number of aliphatic carboxylic acids is 1. The van der Waals surface area contributed by atoms with Gasteiger partial charge in [-0.1, -0.05) is 13.3 Å². The number of likely N-dealkylation sites (tertiary alicyclic amines) is 1. The number of hydrogen-bond acceptors (Lipinski definition) is 3. The molecule has 2 N–H and O–H groups in total. The van der Waals surface area contributed by atoms with Crippen LogP contribution in [0, 0.1) is 0 Å². The highest BCUT2D eigenvalue weighted by molar-refractivity contribution is 5.78. The lowest BCUT2D eigenvalue weighted by Crippen LogP contribution is -2.50. The zero-order chi connectivity index (χ0) is 12.7. The van der Waals surface area contributed by atoms with Crippen LogP contribution < -0.4 is 5.32 Å². The van der Waals surface area contributed by atoms with Gasteiger partial charge in [0.25, 0.3) is 0 Å². The summed E-state index contributed by atoms with van der Waals surface area (Å²) in [6, 6.07) is 0. The van der Waals surface area contributed by atoms with Gasteiger partial charge in [0, 0.05) is 0 Å². The topological polar surface area (TPSA) is 52.6 Å². The summed E-state index contributed by atoms with van der Waals surface area (Å²) >= 11 is 0. The van der Waals surface area contributed by atoms with E-state index in [0.717, 1.165) is 25.9 Å². The molecule has 1 rings (SSSR count). The van der Waals surface area contributed by atoms with Gasteiger partial charge in [-0.05, 0) is 58.8 Å². The second-order valence-corrected chi connectivity index (χ2v) is 5.22. The van der Waals surface area contributed by atoms with Gasteiger partial charge in [0.2, 0.25) is 0 Å². The van der Waals surface area contributed by atoms with E-state index in [4.69, 9.17) is 0 Å². The number of hydrogen-bond donors (Lipinski definition) is 2. The SMILES string of the molecule is CCCC(C)(NCCCN1CCCC1)C(=O)O. The molecule has 0 amide bonds. The van der Waals surface area contributed by atoms with Gasteiger partial charge in [0.15, 0.2) is 0 Å². The Morgan fingerprint density at radius 2 is 2.06 bits per heavy atom. The highest BCUT2D eigenvalue weighted by Crippen LogP contribution is 2.13. The first kappa shape index (κ1) is 14.5. The maximum Gasteiger partial charge on any atom is 0.323 e. The Bertz CT molecular complexity index is 240. The van der Waals surface area contributed by atoms with E-state index in [-0.39, 0.29) is 0 Å². The number of nitrogens with one attached hydrogen (secondary N) is 1. The van der Waals surface area contributed by atoms with Crippen LogP contribution in [-0.4, -0.2) is 47.7 Å². The van der Waals surface area contributed by atoms with Crippen LogP contribution in [0.4, 0.5) is 0 Å². The molecule has 0 aromatic rings. The average molecular weight is 242 g/mol. The van der Waals surface area contributed by atoms with E-state index in [1.807, 2.05) is 6.92 Å². The molecular formula is C13H26N2O2.